The van der Waals surface area contributed by atoms with Gasteiger partial charge in [0.05, 0.1) is 12.2 Å². The average molecular weight is 481 g/mol. The standard InChI is InChI=1S/C19H23N5S.HI/c1-3-17-9-10-18(25-17)14-22-19(20-2)21-13-15-5-7-16(8-6-15)24-12-4-11-23-24;/h4-12H,3,13-14H2,1-2H3,(H2,20,21,22);1H. The summed E-state index contributed by atoms with van der Waals surface area (Å²) in [4.78, 5) is 7.02. The quantitative estimate of drug-likeness (QED) is 0.318. The van der Waals surface area contributed by atoms with Crippen LogP contribution in [0.3, 0.4) is 0 Å². The first-order valence-electron chi connectivity index (χ1n) is 8.39. The second-order valence-corrected chi connectivity index (χ2v) is 6.87. The summed E-state index contributed by atoms with van der Waals surface area (Å²) >= 11 is 1.85. The number of rotatable bonds is 6. The lowest BCUT2D eigenvalue weighted by atomic mass is 10.2. The van der Waals surface area contributed by atoms with Crippen molar-refractivity contribution in [2.75, 3.05) is 7.05 Å². The second kappa shape index (κ2) is 10.3. The van der Waals surface area contributed by atoms with Crippen molar-refractivity contribution >= 4 is 41.3 Å². The highest BCUT2D eigenvalue weighted by atomic mass is 127. The fourth-order valence-corrected chi connectivity index (χ4v) is 3.37. The van der Waals surface area contributed by atoms with E-state index in [0.717, 1.165) is 31.2 Å². The number of hydrogen-bond donors (Lipinski definition) is 2. The molecule has 0 saturated carbocycles. The van der Waals surface area contributed by atoms with Gasteiger partial charge < -0.3 is 10.6 Å². The van der Waals surface area contributed by atoms with Crippen molar-refractivity contribution in [3.63, 3.8) is 0 Å². The van der Waals surface area contributed by atoms with Crippen LogP contribution in [0, 0.1) is 0 Å². The van der Waals surface area contributed by atoms with E-state index in [0.29, 0.717) is 0 Å². The number of halogens is 1. The van der Waals surface area contributed by atoms with Crippen molar-refractivity contribution in [3.05, 3.63) is 70.2 Å². The molecular formula is C19H24IN5S. The zero-order chi connectivity index (χ0) is 17.5. The van der Waals surface area contributed by atoms with E-state index in [2.05, 4.69) is 64.0 Å². The number of hydrogen-bond acceptors (Lipinski definition) is 3. The number of thiophene rings is 1. The molecule has 3 rings (SSSR count). The second-order valence-electron chi connectivity index (χ2n) is 5.62. The predicted octanol–water partition coefficient (Wildman–Crippen LogP) is 3.98. The normalized spacial score (nSPS) is 11.1. The molecule has 2 N–H and O–H groups in total. The molecule has 0 aliphatic carbocycles. The molecule has 7 heteroatoms. The number of aryl methyl sites for hydroxylation is 1. The van der Waals surface area contributed by atoms with Gasteiger partial charge in [-0.15, -0.1) is 35.3 Å². The zero-order valence-electron chi connectivity index (χ0n) is 15.0. The Labute approximate surface area is 175 Å². The summed E-state index contributed by atoms with van der Waals surface area (Å²) in [7, 11) is 1.79. The monoisotopic (exact) mass is 481 g/mol. The highest BCUT2D eigenvalue weighted by Crippen LogP contribution is 2.16. The van der Waals surface area contributed by atoms with Crippen LogP contribution in [0.1, 0.15) is 22.2 Å². The van der Waals surface area contributed by atoms with Gasteiger partial charge in [0, 0.05) is 35.7 Å². The summed E-state index contributed by atoms with van der Waals surface area (Å²) in [5.41, 5.74) is 2.25. The third-order valence-electron chi connectivity index (χ3n) is 3.88. The van der Waals surface area contributed by atoms with Crippen LogP contribution in [-0.2, 0) is 19.5 Å². The Bertz CT molecular complexity index is 809. The summed E-state index contributed by atoms with van der Waals surface area (Å²) in [5, 5.41) is 11.0. The van der Waals surface area contributed by atoms with Crippen LogP contribution in [0.15, 0.2) is 59.9 Å². The lowest BCUT2D eigenvalue weighted by Crippen LogP contribution is -2.36. The van der Waals surface area contributed by atoms with Crippen molar-refractivity contribution in [1.29, 1.82) is 0 Å². The van der Waals surface area contributed by atoms with Crippen molar-refractivity contribution in [2.45, 2.75) is 26.4 Å². The molecule has 26 heavy (non-hydrogen) atoms. The maximum Gasteiger partial charge on any atom is 0.191 e. The molecule has 0 unspecified atom stereocenters. The summed E-state index contributed by atoms with van der Waals surface area (Å²) in [6.45, 7) is 3.70. The lowest BCUT2D eigenvalue weighted by Gasteiger charge is -2.11. The van der Waals surface area contributed by atoms with Crippen molar-refractivity contribution in [1.82, 2.24) is 20.4 Å². The molecule has 5 nitrogen and oxygen atoms in total. The minimum Gasteiger partial charge on any atom is -0.352 e. The Morgan fingerprint density at radius 2 is 1.81 bits per heavy atom. The molecule has 0 saturated heterocycles. The molecule has 0 bridgehead atoms. The van der Waals surface area contributed by atoms with Crippen molar-refractivity contribution < 1.29 is 0 Å². The van der Waals surface area contributed by atoms with Gasteiger partial charge >= 0.3 is 0 Å². The van der Waals surface area contributed by atoms with E-state index in [9.17, 15) is 0 Å². The van der Waals surface area contributed by atoms with Gasteiger partial charge in [-0.3, -0.25) is 4.99 Å². The smallest absolute Gasteiger partial charge is 0.191 e. The van der Waals surface area contributed by atoms with E-state index in [4.69, 9.17) is 0 Å². The number of aliphatic imine (C=N–C) groups is 1. The maximum absolute atomic E-state index is 4.29. The van der Waals surface area contributed by atoms with E-state index in [-0.39, 0.29) is 24.0 Å². The van der Waals surface area contributed by atoms with Crippen LogP contribution in [-0.4, -0.2) is 22.8 Å². The van der Waals surface area contributed by atoms with Crippen LogP contribution in [0.5, 0.6) is 0 Å². The molecule has 0 amide bonds. The third kappa shape index (κ3) is 5.57. The first-order valence-corrected chi connectivity index (χ1v) is 9.21. The maximum atomic E-state index is 4.29. The number of guanidine groups is 1. The molecular weight excluding hydrogens is 457 g/mol. The molecule has 0 spiro atoms. The third-order valence-corrected chi connectivity index (χ3v) is 5.11. The highest BCUT2D eigenvalue weighted by molar-refractivity contribution is 14.0. The van der Waals surface area contributed by atoms with Crippen molar-refractivity contribution in [2.24, 2.45) is 4.99 Å². The van der Waals surface area contributed by atoms with E-state index >= 15 is 0 Å². The topological polar surface area (TPSA) is 54.2 Å². The van der Waals surface area contributed by atoms with Gasteiger partial charge in [0.15, 0.2) is 5.96 Å². The Morgan fingerprint density at radius 3 is 2.42 bits per heavy atom. The average Bonchev–Trinajstić information content (AvgIpc) is 3.34. The van der Waals surface area contributed by atoms with Crippen LogP contribution in [0.2, 0.25) is 0 Å². The minimum atomic E-state index is 0. The Hall–Kier alpha value is -1.87. The number of aromatic nitrogens is 2. The summed E-state index contributed by atoms with van der Waals surface area (Å²) in [6, 6.07) is 14.6. The predicted molar refractivity (Wildman–Crippen MR) is 120 cm³/mol. The molecule has 0 aliphatic rings. The molecule has 2 heterocycles. The molecule has 138 valence electrons. The van der Waals surface area contributed by atoms with Crippen LogP contribution >= 0.6 is 35.3 Å². The summed E-state index contributed by atoms with van der Waals surface area (Å²) < 4.78 is 1.85. The highest BCUT2D eigenvalue weighted by Gasteiger charge is 2.02. The Morgan fingerprint density at radius 1 is 1.08 bits per heavy atom. The molecule has 0 aliphatic heterocycles. The molecule has 1 aromatic carbocycles. The van der Waals surface area contributed by atoms with E-state index < -0.39 is 0 Å². The zero-order valence-corrected chi connectivity index (χ0v) is 18.1. The first-order chi connectivity index (χ1) is 12.3. The van der Waals surface area contributed by atoms with Gasteiger partial charge in [0.2, 0.25) is 0 Å². The molecule has 0 fully saturated rings. The van der Waals surface area contributed by atoms with E-state index in [1.54, 1.807) is 13.2 Å². The van der Waals surface area contributed by atoms with E-state index in [1.165, 1.54) is 15.3 Å². The lowest BCUT2D eigenvalue weighted by molar-refractivity contribution is 0.814. The van der Waals surface area contributed by atoms with Crippen molar-refractivity contribution in [3.8, 4) is 5.69 Å². The largest absolute Gasteiger partial charge is 0.352 e. The minimum absolute atomic E-state index is 0. The molecule has 0 atom stereocenters. The number of benzene rings is 1. The van der Waals surface area contributed by atoms with Crippen LogP contribution in [0.25, 0.3) is 5.69 Å². The van der Waals surface area contributed by atoms with Gasteiger partial charge in [0.1, 0.15) is 0 Å². The number of nitrogens with one attached hydrogen (secondary N) is 2. The number of nitrogens with zero attached hydrogens (tertiary/aromatic N) is 3. The van der Waals surface area contributed by atoms with Gasteiger partial charge in [-0.25, -0.2) is 4.68 Å². The molecule has 3 aromatic rings. The summed E-state index contributed by atoms with van der Waals surface area (Å²) in [5.74, 6) is 0.808. The fraction of sp³-hybridized carbons (Fsp3) is 0.263. The van der Waals surface area contributed by atoms with Gasteiger partial charge in [0.25, 0.3) is 0 Å². The SMILES string of the molecule is CCc1ccc(CNC(=NC)NCc2ccc(-n3cccn3)cc2)s1.I. The Balaban J connectivity index is 0.00000243. The van der Waals surface area contributed by atoms with Gasteiger partial charge in [-0.1, -0.05) is 19.1 Å². The van der Waals surface area contributed by atoms with Crippen LogP contribution in [0.4, 0.5) is 0 Å². The molecule has 2 aromatic heterocycles. The molecule has 0 radical (unpaired) electrons. The Kier molecular flexibility index (Phi) is 8.11. The van der Waals surface area contributed by atoms with E-state index in [1.807, 2.05) is 28.3 Å². The summed E-state index contributed by atoms with van der Waals surface area (Å²) in [6.07, 6.45) is 4.81. The van der Waals surface area contributed by atoms with Gasteiger partial charge in [-0.05, 0) is 42.3 Å². The first kappa shape index (κ1) is 20.4. The fourth-order valence-electron chi connectivity index (χ4n) is 2.47. The van der Waals surface area contributed by atoms with Gasteiger partial charge in [-0.2, -0.15) is 5.10 Å². The van der Waals surface area contributed by atoms with Crippen LogP contribution < -0.4 is 10.6 Å².